The lowest BCUT2D eigenvalue weighted by Crippen LogP contribution is -2.48. The van der Waals surface area contributed by atoms with Crippen LogP contribution in [0.4, 0.5) is 15.9 Å². The van der Waals surface area contributed by atoms with Crippen LogP contribution in [0.1, 0.15) is 13.8 Å². The lowest BCUT2D eigenvalue weighted by Gasteiger charge is -2.38. The van der Waals surface area contributed by atoms with E-state index in [1.54, 1.807) is 18.2 Å². The number of nitrogens with one attached hydrogen (secondary N) is 1. The molecule has 2 aromatic heterocycles. The van der Waals surface area contributed by atoms with Gasteiger partial charge >= 0.3 is 0 Å². The number of hydrogen-bond donors (Lipinski definition) is 2. The lowest BCUT2D eigenvalue weighted by atomic mass is 10.1. The molecule has 1 saturated heterocycles. The summed E-state index contributed by atoms with van der Waals surface area (Å²) in [5.41, 5.74) is 9.07. The van der Waals surface area contributed by atoms with E-state index in [2.05, 4.69) is 43.6 Å². The zero-order valence-corrected chi connectivity index (χ0v) is 19.1. The van der Waals surface area contributed by atoms with Gasteiger partial charge in [0, 0.05) is 49.0 Å². The van der Waals surface area contributed by atoms with Crippen LogP contribution >= 0.6 is 0 Å². The highest BCUT2D eigenvalue weighted by molar-refractivity contribution is 5.85. The van der Waals surface area contributed by atoms with Crippen LogP contribution in [0.3, 0.4) is 0 Å². The van der Waals surface area contributed by atoms with Crippen molar-refractivity contribution in [3.8, 4) is 22.5 Å². The van der Waals surface area contributed by atoms with Crippen LogP contribution < -0.4 is 16.2 Å². The minimum atomic E-state index is -0.727. The number of aromatic amines is 1. The van der Waals surface area contributed by atoms with E-state index in [4.69, 9.17) is 5.73 Å². The molecule has 0 bridgehead atoms. The third-order valence-corrected chi connectivity index (χ3v) is 6.35. The molecule has 174 valence electrons. The van der Waals surface area contributed by atoms with E-state index in [0.29, 0.717) is 33.8 Å². The number of nitrogens with zero attached hydrogens (tertiary/aromatic N) is 5. The number of piperazine rings is 1. The number of halogens is 1. The number of benzene rings is 2. The van der Waals surface area contributed by atoms with Crippen LogP contribution in [0.15, 0.2) is 53.6 Å². The standard InChI is InChI=1S/C25H26FN7O/c1-15(2)32-9-11-33(12-10-32)18-6-3-16(4-7-18)21-23(26)31-24(27)22(30-21)17-5-8-19-20(13-17)28-14-29-25(19)34/h3-8,13-15H,9-12H2,1-2H3,(H2,27,31)(H,28,29,34). The molecule has 34 heavy (non-hydrogen) atoms. The fraction of sp³-hybridized carbons (Fsp3) is 0.280. The summed E-state index contributed by atoms with van der Waals surface area (Å²) in [6.07, 6.45) is 1.34. The van der Waals surface area contributed by atoms with Crippen molar-refractivity contribution in [2.45, 2.75) is 19.9 Å². The van der Waals surface area contributed by atoms with Gasteiger partial charge in [-0.15, -0.1) is 0 Å². The summed E-state index contributed by atoms with van der Waals surface area (Å²) in [5, 5.41) is 0.449. The first-order chi connectivity index (χ1) is 16.4. The molecule has 8 nitrogen and oxygen atoms in total. The monoisotopic (exact) mass is 459 g/mol. The van der Waals surface area contributed by atoms with Crippen molar-refractivity contribution in [1.29, 1.82) is 0 Å². The maximum atomic E-state index is 14.8. The fourth-order valence-corrected chi connectivity index (χ4v) is 4.37. The first-order valence-electron chi connectivity index (χ1n) is 11.3. The van der Waals surface area contributed by atoms with E-state index in [1.807, 2.05) is 24.3 Å². The molecular weight excluding hydrogens is 433 g/mol. The van der Waals surface area contributed by atoms with Gasteiger partial charge < -0.3 is 15.6 Å². The smallest absolute Gasteiger partial charge is 0.258 e. The van der Waals surface area contributed by atoms with Crippen molar-refractivity contribution >= 4 is 22.4 Å². The summed E-state index contributed by atoms with van der Waals surface area (Å²) in [6, 6.07) is 13.3. The first kappa shape index (κ1) is 22.0. The third-order valence-electron chi connectivity index (χ3n) is 6.35. The van der Waals surface area contributed by atoms with Gasteiger partial charge in [-0.2, -0.15) is 9.37 Å². The zero-order chi connectivity index (χ0) is 23.8. The molecule has 2 aromatic carbocycles. The highest BCUT2D eigenvalue weighted by atomic mass is 19.1. The molecular formula is C25H26FN7O. The van der Waals surface area contributed by atoms with Crippen LogP contribution in [0.2, 0.25) is 0 Å². The first-order valence-corrected chi connectivity index (χ1v) is 11.3. The molecule has 4 aromatic rings. The topological polar surface area (TPSA) is 104 Å². The van der Waals surface area contributed by atoms with Crippen molar-refractivity contribution in [2.75, 3.05) is 36.8 Å². The van der Waals surface area contributed by atoms with Crippen molar-refractivity contribution < 1.29 is 4.39 Å². The van der Waals surface area contributed by atoms with E-state index in [9.17, 15) is 9.18 Å². The molecule has 1 aliphatic heterocycles. The van der Waals surface area contributed by atoms with Crippen molar-refractivity contribution in [3.63, 3.8) is 0 Å². The van der Waals surface area contributed by atoms with Gasteiger partial charge in [0.1, 0.15) is 11.4 Å². The Morgan fingerprint density at radius 1 is 0.971 bits per heavy atom. The van der Waals surface area contributed by atoms with Gasteiger partial charge in [0.25, 0.3) is 5.56 Å². The maximum absolute atomic E-state index is 14.8. The van der Waals surface area contributed by atoms with Gasteiger partial charge in [0.05, 0.1) is 17.2 Å². The zero-order valence-electron chi connectivity index (χ0n) is 19.1. The molecule has 1 aliphatic rings. The minimum absolute atomic E-state index is 0.0231. The maximum Gasteiger partial charge on any atom is 0.258 e. The highest BCUT2D eigenvalue weighted by Gasteiger charge is 2.20. The number of fused-ring (bicyclic) bond motifs is 1. The Bertz CT molecular complexity index is 1390. The Balaban J connectivity index is 1.45. The number of nitrogen functional groups attached to an aromatic ring is 1. The van der Waals surface area contributed by atoms with Crippen LogP contribution in [0.25, 0.3) is 33.4 Å². The Morgan fingerprint density at radius 2 is 1.68 bits per heavy atom. The molecule has 0 radical (unpaired) electrons. The molecule has 0 saturated carbocycles. The Hall–Kier alpha value is -3.85. The van der Waals surface area contributed by atoms with Gasteiger partial charge in [0.15, 0.2) is 5.82 Å². The van der Waals surface area contributed by atoms with E-state index in [0.717, 1.165) is 31.9 Å². The molecule has 5 rings (SSSR count). The number of H-pyrrole nitrogens is 1. The van der Waals surface area contributed by atoms with Crippen LogP contribution in [-0.4, -0.2) is 57.1 Å². The van der Waals surface area contributed by atoms with Gasteiger partial charge in [-0.25, -0.2) is 9.97 Å². The molecule has 0 aliphatic carbocycles. The van der Waals surface area contributed by atoms with Gasteiger partial charge in [-0.3, -0.25) is 9.69 Å². The SMILES string of the molecule is CC(C)N1CCN(c2ccc(-c3nc(-c4ccc5c(=O)[nH]cnc5c4)c(N)nc3F)cc2)CC1. The van der Waals surface area contributed by atoms with Crippen molar-refractivity contribution in [1.82, 2.24) is 24.8 Å². The van der Waals surface area contributed by atoms with E-state index in [1.165, 1.54) is 6.33 Å². The normalized spacial score (nSPS) is 14.8. The van der Waals surface area contributed by atoms with Gasteiger partial charge in [0.2, 0.25) is 5.95 Å². The fourth-order valence-electron chi connectivity index (χ4n) is 4.37. The van der Waals surface area contributed by atoms with Crippen molar-refractivity contribution in [3.05, 3.63) is 65.1 Å². The molecule has 1 fully saturated rings. The molecule has 3 N–H and O–H groups in total. The predicted octanol–water partition coefficient (Wildman–Crippen LogP) is 3.30. The summed E-state index contributed by atoms with van der Waals surface area (Å²) in [7, 11) is 0. The molecule has 0 atom stereocenters. The summed E-state index contributed by atoms with van der Waals surface area (Å²) in [4.78, 5) is 31.9. The highest BCUT2D eigenvalue weighted by Crippen LogP contribution is 2.30. The van der Waals surface area contributed by atoms with E-state index in [-0.39, 0.29) is 17.1 Å². The predicted molar refractivity (Wildman–Crippen MR) is 132 cm³/mol. The number of rotatable bonds is 4. The van der Waals surface area contributed by atoms with E-state index >= 15 is 0 Å². The summed E-state index contributed by atoms with van der Waals surface area (Å²) in [6.45, 7) is 8.39. The number of aromatic nitrogens is 4. The summed E-state index contributed by atoms with van der Waals surface area (Å²) in [5.74, 6) is -0.750. The molecule has 9 heteroatoms. The van der Waals surface area contributed by atoms with Crippen molar-refractivity contribution in [2.24, 2.45) is 0 Å². The second-order valence-electron chi connectivity index (χ2n) is 8.72. The lowest BCUT2D eigenvalue weighted by molar-refractivity contribution is 0.209. The largest absolute Gasteiger partial charge is 0.382 e. The molecule has 3 heterocycles. The van der Waals surface area contributed by atoms with Crippen LogP contribution in [0.5, 0.6) is 0 Å². The minimum Gasteiger partial charge on any atom is -0.382 e. The average molecular weight is 460 g/mol. The molecule has 0 unspecified atom stereocenters. The quantitative estimate of drug-likeness (QED) is 0.483. The second kappa shape index (κ2) is 8.83. The van der Waals surface area contributed by atoms with Crippen LogP contribution in [-0.2, 0) is 0 Å². The summed E-state index contributed by atoms with van der Waals surface area (Å²) >= 11 is 0. The summed E-state index contributed by atoms with van der Waals surface area (Å²) < 4.78 is 14.8. The second-order valence-corrected chi connectivity index (χ2v) is 8.72. The van der Waals surface area contributed by atoms with E-state index < -0.39 is 5.95 Å². The number of nitrogens with two attached hydrogens (primary N) is 1. The van der Waals surface area contributed by atoms with Gasteiger partial charge in [-0.1, -0.05) is 18.2 Å². The average Bonchev–Trinajstić information content (AvgIpc) is 2.84. The molecule has 0 spiro atoms. The van der Waals surface area contributed by atoms with Gasteiger partial charge in [-0.05, 0) is 38.1 Å². The number of hydrogen-bond acceptors (Lipinski definition) is 7. The third kappa shape index (κ3) is 4.10. The Labute approximate surface area is 196 Å². The Morgan fingerprint density at radius 3 is 2.38 bits per heavy atom. The molecule has 0 amide bonds. The Kier molecular flexibility index (Phi) is 5.70. The number of anilines is 2. The van der Waals surface area contributed by atoms with Crippen LogP contribution in [0, 0.1) is 5.95 Å².